The second-order valence-electron chi connectivity index (χ2n) is 11.0. The third kappa shape index (κ3) is 6.91. The molecule has 47 heavy (non-hydrogen) atoms. The number of aliphatic hydroxyl groups excluding tert-OH is 2. The molecule has 10 N–H and O–H groups in total. The van der Waals surface area contributed by atoms with Gasteiger partial charge in [-0.1, -0.05) is 0 Å². The Morgan fingerprint density at radius 1 is 1.02 bits per heavy atom. The molecule has 0 aromatic carbocycles. The summed E-state index contributed by atoms with van der Waals surface area (Å²) < 4.78 is 64.0. The molecule has 6 rings (SSSR count). The molecule has 3 fully saturated rings. The highest BCUT2D eigenvalue weighted by molar-refractivity contribution is 7.61. The lowest BCUT2D eigenvalue weighted by Gasteiger charge is -2.24. The van der Waals surface area contributed by atoms with Gasteiger partial charge in [-0.05, 0) is 13.8 Å². The van der Waals surface area contributed by atoms with Crippen molar-refractivity contribution in [1.82, 2.24) is 24.5 Å². The first-order chi connectivity index (χ1) is 21.9. The number of hydrogen-bond donors (Lipinski definition) is 7. The van der Waals surface area contributed by atoms with Crippen LogP contribution < -0.4 is 17.2 Å². The van der Waals surface area contributed by atoms with E-state index in [4.69, 9.17) is 45.2 Å². The number of primary amides is 1. The van der Waals surface area contributed by atoms with E-state index in [0.29, 0.717) is 5.01 Å². The predicted octanol–water partition coefficient (Wildman–Crippen LogP) is -0.924. The number of phosphoric acid groups is 2. The van der Waals surface area contributed by atoms with Gasteiger partial charge in [0.15, 0.2) is 23.5 Å². The summed E-state index contributed by atoms with van der Waals surface area (Å²) in [7, 11) is -10.7. The van der Waals surface area contributed by atoms with Crippen molar-refractivity contribution in [2.24, 2.45) is 5.73 Å². The van der Waals surface area contributed by atoms with Gasteiger partial charge in [-0.3, -0.25) is 18.4 Å². The van der Waals surface area contributed by atoms with Gasteiger partial charge < -0.3 is 56.1 Å². The fourth-order valence-corrected chi connectivity index (χ4v) is 8.26. The maximum Gasteiger partial charge on any atom is 0.481 e. The molecule has 10 atom stereocenters. The third-order valence-corrected chi connectivity index (χ3v) is 10.8. The summed E-state index contributed by atoms with van der Waals surface area (Å²) >= 11 is 1.08. The number of nitrogens with zero attached hydrogens (tertiary/aromatic N) is 5. The highest BCUT2D eigenvalue weighted by Gasteiger charge is 2.57. The fraction of sp³-hybridized carbons (Fsp3) is 0.591. The number of rotatable bonds is 11. The smallest absolute Gasteiger partial charge is 0.387 e. The van der Waals surface area contributed by atoms with Crippen molar-refractivity contribution in [3.8, 4) is 0 Å². The highest BCUT2D eigenvalue weighted by Crippen LogP contribution is 2.61. The van der Waals surface area contributed by atoms with E-state index in [1.54, 1.807) is 13.8 Å². The number of aromatic nitrogens is 5. The number of carbonyl (C=O) groups is 1. The lowest BCUT2D eigenvalue weighted by Crippen LogP contribution is -2.33. The largest absolute Gasteiger partial charge is 0.481 e. The molecular formula is C22H30N8O14P2S. The predicted molar refractivity (Wildman–Crippen MR) is 155 cm³/mol. The van der Waals surface area contributed by atoms with Gasteiger partial charge in [0, 0.05) is 5.38 Å². The molecule has 1 amide bonds. The van der Waals surface area contributed by atoms with E-state index in [0.717, 1.165) is 11.3 Å². The van der Waals surface area contributed by atoms with Crippen LogP contribution in [0.5, 0.6) is 0 Å². The summed E-state index contributed by atoms with van der Waals surface area (Å²) in [6.45, 7) is 1.72. The van der Waals surface area contributed by atoms with Crippen LogP contribution in [0.25, 0.3) is 11.2 Å². The average molecular weight is 725 g/mol. The van der Waals surface area contributed by atoms with Crippen LogP contribution in [-0.2, 0) is 41.4 Å². The molecule has 25 heteroatoms. The first-order valence-corrected chi connectivity index (χ1v) is 17.5. The maximum atomic E-state index is 12.7. The number of thiazole rings is 1. The average Bonchev–Trinajstić information content (AvgIpc) is 3.77. The van der Waals surface area contributed by atoms with Gasteiger partial charge in [0.25, 0.3) is 5.91 Å². The van der Waals surface area contributed by atoms with Crippen molar-refractivity contribution >= 4 is 55.8 Å². The third-order valence-electron chi connectivity index (χ3n) is 7.25. The normalized spacial score (nSPS) is 32.7. The van der Waals surface area contributed by atoms with Crippen molar-refractivity contribution < 1.29 is 66.2 Å². The molecule has 3 aromatic rings. The number of anilines is 2. The summed E-state index contributed by atoms with van der Waals surface area (Å²) in [5, 5.41) is 22.9. The summed E-state index contributed by atoms with van der Waals surface area (Å²) in [5.74, 6) is -2.06. The molecule has 0 radical (unpaired) electrons. The van der Waals surface area contributed by atoms with Gasteiger partial charge in [0.05, 0.1) is 19.5 Å². The van der Waals surface area contributed by atoms with Gasteiger partial charge in [-0.2, -0.15) is 14.3 Å². The molecule has 2 unspecified atom stereocenters. The molecule has 0 aliphatic carbocycles. The lowest BCUT2D eigenvalue weighted by atomic mass is 10.1. The van der Waals surface area contributed by atoms with Crippen LogP contribution in [0, 0.1) is 0 Å². The summed E-state index contributed by atoms with van der Waals surface area (Å²) in [5.41, 5.74) is 16.9. The molecule has 3 saturated heterocycles. The fourth-order valence-electron chi connectivity index (χ4n) is 5.30. The Bertz CT molecular complexity index is 1780. The number of aliphatic hydroxyl groups is 2. The van der Waals surface area contributed by atoms with Crippen molar-refractivity contribution in [3.05, 3.63) is 22.4 Å². The number of carbonyl (C=O) groups excluding carboxylic acids is 1. The van der Waals surface area contributed by atoms with Gasteiger partial charge in [0.2, 0.25) is 5.95 Å². The van der Waals surface area contributed by atoms with E-state index in [1.807, 2.05) is 0 Å². The second-order valence-corrected chi connectivity index (χ2v) is 15.0. The summed E-state index contributed by atoms with van der Waals surface area (Å²) in [4.78, 5) is 47.9. The monoisotopic (exact) mass is 724 g/mol. The Balaban J connectivity index is 1.06. The topological polar surface area (TPSA) is 331 Å². The number of nitrogens with two attached hydrogens (primary N) is 3. The van der Waals surface area contributed by atoms with E-state index >= 15 is 0 Å². The van der Waals surface area contributed by atoms with Crippen LogP contribution >= 0.6 is 27.0 Å². The molecule has 0 spiro atoms. The molecule has 3 aromatic heterocycles. The van der Waals surface area contributed by atoms with Gasteiger partial charge in [0.1, 0.15) is 58.9 Å². The Morgan fingerprint density at radius 2 is 1.68 bits per heavy atom. The quantitative estimate of drug-likeness (QED) is 0.117. The lowest BCUT2D eigenvalue weighted by molar-refractivity contribution is -0.190. The van der Waals surface area contributed by atoms with Crippen LogP contribution in [0.1, 0.15) is 41.7 Å². The molecule has 6 heterocycles. The van der Waals surface area contributed by atoms with Gasteiger partial charge in [-0.25, -0.2) is 19.1 Å². The van der Waals surface area contributed by atoms with Crippen LogP contribution in [0.3, 0.4) is 0 Å². The van der Waals surface area contributed by atoms with Crippen molar-refractivity contribution in [1.29, 1.82) is 0 Å². The zero-order valence-corrected chi connectivity index (χ0v) is 26.9. The van der Waals surface area contributed by atoms with Crippen molar-refractivity contribution in [2.45, 2.75) is 68.6 Å². The SMILES string of the molecule is CC1(C)O[C@@H]2[C@H](O1)[C@@H](COP(=O)(O)OP(=O)(O)OC[C@H]1O[C@@H](n3cnc4c(N)nc(N)nc43)[C@H](O)[C@@H]1O)O[C@H]2c1nc(C(N)=O)cs1. The Morgan fingerprint density at radius 3 is 2.34 bits per heavy atom. The van der Waals surface area contributed by atoms with E-state index in [1.165, 1.54) is 16.3 Å². The number of amides is 1. The summed E-state index contributed by atoms with van der Waals surface area (Å²) in [6.07, 6.45) is -8.32. The van der Waals surface area contributed by atoms with E-state index in [2.05, 4.69) is 24.2 Å². The number of hydrogen-bond acceptors (Lipinski definition) is 19. The molecule has 3 aliphatic heterocycles. The first kappa shape index (κ1) is 34.1. The zero-order chi connectivity index (χ0) is 34.1. The number of imidazole rings is 1. The van der Waals surface area contributed by atoms with Crippen molar-refractivity contribution in [2.75, 3.05) is 24.7 Å². The van der Waals surface area contributed by atoms with E-state index in [-0.39, 0.29) is 28.6 Å². The first-order valence-electron chi connectivity index (χ1n) is 13.6. The number of ether oxygens (including phenoxy) is 4. The minimum Gasteiger partial charge on any atom is -0.387 e. The number of fused-ring (bicyclic) bond motifs is 2. The molecule has 258 valence electrons. The number of nitrogen functional groups attached to an aromatic ring is 2. The highest BCUT2D eigenvalue weighted by atomic mass is 32.1. The molecule has 3 aliphatic rings. The molecule has 0 bridgehead atoms. The minimum absolute atomic E-state index is 0.00990. The number of phosphoric ester groups is 2. The van der Waals surface area contributed by atoms with E-state index < -0.39 is 89.5 Å². The molecule has 0 saturated carbocycles. The van der Waals surface area contributed by atoms with E-state index in [9.17, 15) is 33.9 Å². The Labute approximate surface area is 267 Å². The Kier molecular flexibility index (Phi) is 8.94. The zero-order valence-electron chi connectivity index (χ0n) is 24.3. The molecule has 22 nitrogen and oxygen atoms in total. The van der Waals surface area contributed by atoms with Crippen LogP contribution in [0.4, 0.5) is 11.8 Å². The second kappa shape index (κ2) is 12.3. The minimum atomic E-state index is -5.35. The van der Waals surface area contributed by atoms with Crippen molar-refractivity contribution in [3.63, 3.8) is 0 Å². The van der Waals surface area contributed by atoms with Gasteiger partial charge in [-0.15, -0.1) is 11.3 Å². The Hall–Kier alpha value is -2.73. The summed E-state index contributed by atoms with van der Waals surface area (Å²) in [6, 6.07) is 0. The van der Waals surface area contributed by atoms with Crippen LogP contribution in [0.15, 0.2) is 11.7 Å². The maximum absolute atomic E-state index is 12.7. The standard InChI is InChI=1S/C22H30N8O14P2S/c1-22(2)42-13-9(40-15(14(13)43-22)19-27-7(5-47-19)17(24)33)4-39-46(36,37)44-45(34,35)38-3-8-11(31)12(32)20(41-8)30-6-26-10-16(23)28-21(25)29-18(10)30/h5-6,8-9,11-15,20,31-32H,3-4H2,1-2H3,(H2,24,33)(H,34,35)(H,36,37)(H4,23,25,28,29)/t8-,9-,11-,12-,13-,14-,15-,20-/m1/s1. The molecular weight excluding hydrogens is 694 g/mol. The van der Waals surface area contributed by atoms with Crippen LogP contribution in [-0.4, -0.2) is 106 Å². The van der Waals surface area contributed by atoms with Crippen LogP contribution in [0.2, 0.25) is 0 Å². The van der Waals surface area contributed by atoms with Gasteiger partial charge >= 0.3 is 15.6 Å².